The van der Waals surface area contributed by atoms with E-state index in [4.69, 9.17) is 4.74 Å². The van der Waals surface area contributed by atoms with E-state index in [1.807, 2.05) is 6.92 Å². The van der Waals surface area contributed by atoms with Crippen LogP contribution < -0.4 is 4.74 Å². The van der Waals surface area contributed by atoms with E-state index in [1.54, 1.807) is 10.9 Å². The van der Waals surface area contributed by atoms with Gasteiger partial charge < -0.3 is 4.74 Å². The molecule has 0 radical (unpaired) electrons. The Labute approximate surface area is 116 Å². The quantitative estimate of drug-likeness (QED) is 0.762. The second-order valence-electron chi connectivity index (χ2n) is 4.54. The first kappa shape index (κ1) is 14.2. The minimum Gasteiger partial charge on any atom is -0.486 e. The molecule has 1 heterocycles. The molecule has 0 aliphatic carbocycles. The zero-order chi connectivity index (χ0) is 14.5. The molecular weight excluding hydrogens is 261 g/mol. The molecule has 106 valence electrons. The van der Waals surface area contributed by atoms with E-state index in [0.717, 1.165) is 12.5 Å². The molecule has 5 nitrogen and oxygen atoms in total. The molecule has 20 heavy (non-hydrogen) atoms. The molecule has 0 bridgehead atoms. The van der Waals surface area contributed by atoms with Gasteiger partial charge in [-0.2, -0.15) is 0 Å². The fraction of sp³-hybridized carbons (Fsp3) is 0.357. The summed E-state index contributed by atoms with van der Waals surface area (Å²) in [6.45, 7) is 4.30. The van der Waals surface area contributed by atoms with Crippen molar-refractivity contribution >= 4 is 6.29 Å². The summed E-state index contributed by atoms with van der Waals surface area (Å²) in [6, 6.07) is 4.09. The van der Waals surface area contributed by atoms with E-state index in [9.17, 15) is 9.18 Å². The molecule has 0 saturated carbocycles. The smallest absolute Gasteiger partial charge is 0.153 e. The molecule has 0 spiro atoms. The highest BCUT2D eigenvalue weighted by Crippen LogP contribution is 2.19. The maximum atomic E-state index is 13.0. The molecule has 0 amide bonds. The molecule has 0 aliphatic heterocycles. The van der Waals surface area contributed by atoms with Crippen molar-refractivity contribution in [2.24, 2.45) is 0 Å². The van der Waals surface area contributed by atoms with Gasteiger partial charge in [-0.05, 0) is 31.5 Å². The van der Waals surface area contributed by atoms with E-state index in [0.29, 0.717) is 17.7 Å². The number of hydrogen-bond donors (Lipinski definition) is 0. The van der Waals surface area contributed by atoms with Crippen LogP contribution >= 0.6 is 0 Å². The van der Waals surface area contributed by atoms with Gasteiger partial charge in [0.1, 0.15) is 23.9 Å². The topological polar surface area (TPSA) is 57.0 Å². The monoisotopic (exact) mass is 277 g/mol. The fourth-order valence-corrected chi connectivity index (χ4v) is 1.68. The second kappa shape index (κ2) is 6.27. The van der Waals surface area contributed by atoms with Crippen molar-refractivity contribution in [3.8, 4) is 5.75 Å². The molecule has 1 aromatic heterocycles. The summed E-state index contributed by atoms with van der Waals surface area (Å²) in [6.07, 6.45) is 3.32. The SMILES string of the molecule is CCC(C)n1cc(COc2ccc(F)cc2C=O)nn1. The molecular formula is C14H16FN3O2. The van der Waals surface area contributed by atoms with Crippen molar-refractivity contribution in [1.29, 1.82) is 0 Å². The van der Waals surface area contributed by atoms with Crippen LogP contribution in [0.2, 0.25) is 0 Å². The van der Waals surface area contributed by atoms with Crippen LogP contribution in [0.3, 0.4) is 0 Å². The van der Waals surface area contributed by atoms with Crippen molar-refractivity contribution in [2.45, 2.75) is 32.9 Å². The zero-order valence-electron chi connectivity index (χ0n) is 11.4. The van der Waals surface area contributed by atoms with Crippen molar-refractivity contribution in [3.63, 3.8) is 0 Å². The standard InChI is InChI=1S/C14H16FN3O2/c1-3-10(2)18-7-13(16-17-18)9-20-14-5-4-12(15)6-11(14)8-19/h4-8,10H,3,9H2,1-2H3. The lowest BCUT2D eigenvalue weighted by Crippen LogP contribution is -2.04. The molecule has 1 atom stereocenters. The van der Waals surface area contributed by atoms with Gasteiger partial charge in [-0.15, -0.1) is 5.10 Å². The normalized spacial score (nSPS) is 12.2. The average Bonchev–Trinajstić information content (AvgIpc) is 2.93. The number of ether oxygens (including phenoxy) is 1. The van der Waals surface area contributed by atoms with Gasteiger partial charge in [-0.1, -0.05) is 12.1 Å². The van der Waals surface area contributed by atoms with E-state index in [-0.39, 0.29) is 18.2 Å². The van der Waals surface area contributed by atoms with Gasteiger partial charge in [-0.25, -0.2) is 9.07 Å². The molecule has 6 heteroatoms. The highest BCUT2D eigenvalue weighted by Gasteiger charge is 2.09. The summed E-state index contributed by atoms with van der Waals surface area (Å²) in [4.78, 5) is 10.8. The Kier molecular flexibility index (Phi) is 4.45. The lowest BCUT2D eigenvalue weighted by Gasteiger charge is -2.07. The van der Waals surface area contributed by atoms with Crippen LogP contribution in [0.4, 0.5) is 4.39 Å². The van der Waals surface area contributed by atoms with Crippen LogP contribution in [0.25, 0.3) is 0 Å². The molecule has 1 unspecified atom stereocenters. The number of hydrogen-bond acceptors (Lipinski definition) is 4. The van der Waals surface area contributed by atoms with Gasteiger partial charge >= 0.3 is 0 Å². The second-order valence-corrected chi connectivity index (χ2v) is 4.54. The minimum absolute atomic E-state index is 0.180. The number of rotatable bonds is 6. The number of benzene rings is 1. The predicted octanol–water partition coefficient (Wildman–Crippen LogP) is 2.78. The minimum atomic E-state index is -0.470. The van der Waals surface area contributed by atoms with E-state index in [1.165, 1.54) is 12.1 Å². The first-order valence-electron chi connectivity index (χ1n) is 6.42. The molecule has 0 aliphatic rings. The summed E-state index contributed by atoms with van der Waals surface area (Å²) in [5.74, 6) is -0.137. The van der Waals surface area contributed by atoms with Crippen LogP contribution in [0.15, 0.2) is 24.4 Å². The maximum Gasteiger partial charge on any atom is 0.153 e. The van der Waals surface area contributed by atoms with E-state index in [2.05, 4.69) is 17.2 Å². The summed E-state index contributed by atoms with van der Waals surface area (Å²) in [5, 5.41) is 8.01. The van der Waals surface area contributed by atoms with Crippen molar-refractivity contribution in [1.82, 2.24) is 15.0 Å². The summed E-state index contributed by atoms with van der Waals surface area (Å²) >= 11 is 0. The van der Waals surface area contributed by atoms with Gasteiger partial charge in [-0.3, -0.25) is 4.79 Å². The highest BCUT2D eigenvalue weighted by atomic mass is 19.1. The Hall–Kier alpha value is -2.24. The summed E-state index contributed by atoms with van der Waals surface area (Å²) in [5.41, 5.74) is 0.839. The predicted molar refractivity (Wildman–Crippen MR) is 71.1 cm³/mol. The number of aromatic nitrogens is 3. The van der Waals surface area contributed by atoms with Gasteiger partial charge in [0.05, 0.1) is 17.8 Å². The zero-order valence-corrected chi connectivity index (χ0v) is 11.4. The molecule has 0 N–H and O–H groups in total. The van der Waals surface area contributed by atoms with Crippen molar-refractivity contribution in [2.75, 3.05) is 0 Å². The Bertz CT molecular complexity index is 598. The van der Waals surface area contributed by atoms with Gasteiger partial charge in [0.2, 0.25) is 0 Å². The highest BCUT2D eigenvalue weighted by molar-refractivity contribution is 5.79. The Morgan fingerprint density at radius 1 is 1.50 bits per heavy atom. The average molecular weight is 277 g/mol. The number of nitrogens with zero attached hydrogens (tertiary/aromatic N) is 3. The largest absolute Gasteiger partial charge is 0.486 e. The van der Waals surface area contributed by atoms with Gasteiger partial charge in [0.25, 0.3) is 0 Å². The van der Waals surface area contributed by atoms with E-state index < -0.39 is 5.82 Å². The molecule has 1 aromatic carbocycles. The van der Waals surface area contributed by atoms with Crippen LogP contribution in [-0.4, -0.2) is 21.3 Å². The maximum absolute atomic E-state index is 13.0. The third-order valence-corrected chi connectivity index (χ3v) is 3.07. The van der Waals surface area contributed by atoms with Crippen molar-refractivity contribution < 1.29 is 13.9 Å². The first-order valence-corrected chi connectivity index (χ1v) is 6.42. The van der Waals surface area contributed by atoms with Crippen molar-refractivity contribution in [3.05, 3.63) is 41.5 Å². The number of carbonyl (C=O) groups is 1. The van der Waals surface area contributed by atoms with Gasteiger partial charge in [0.15, 0.2) is 6.29 Å². The van der Waals surface area contributed by atoms with Crippen LogP contribution in [0.1, 0.15) is 42.4 Å². The Balaban J connectivity index is 2.05. The molecule has 2 rings (SSSR count). The molecule has 0 saturated heterocycles. The fourth-order valence-electron chi connectivity index (χ4n) is 1.68. The Morgan fingerprint density at radius 2 is 2.30 bits per heavy atom. The number of halogens is 1. The Morgan fingerprint density at radius 3 is 3.00 bits per heavy atom. The third-order valence-electron chi connectivity index (χ3n) is 3.07. The summed E-state index contributed by atoms with van der Waals surface area (Å²) < 4.78 is 20.2. The summed E-state index contributed by atoms with van der Waals surface area (Å²) in [7, 11) is 0. The third kappa shape index (κ3) is 3.20. The number of carbonyl (C=O) groups excluding carboxylic acids is 1. The lowest BCUT2D eigenvalue weighted by atomic mass is 10.2. The van der Waals surface area contributed by atoms with Crippen LogP contribution in [0, 0.1) is 5.82 Å². The van der Waals surface area contributed by atoms with Gasteiger partial charge in [0, 0.05) is 0 Å². The lowest BCUT2D eigenvalue weighted by molar-refractivity contribution is 0.111. The number of aldehydes is 1. The first-order chi connectivity index (χ1) is 9.63. The van der Waals surface area contributed by atoms with Crippen LogP contribution in [0.5, 0.6) is 5.75 Å². The van der Waals surface area contributed by atoms with E-state index >= 15 is 0 Å². The molecule has 0 fully saturated rings. The molecule has 2 aromatic rings. The van der Waals surface area contributed by atoms with Crippen LogP contribution in [-0.2, 0) is 6.61 Å².